The average molecular weight is 345 g/mol. The van der Waals surface area contributed by atoms with Crippen LogP contribution < -0.4 is 0 Å². The molecule has 26 heavy (non-hydrogen) atoms. The molecule has 0 aliphatic carbocycles. The zero-order valence-corrected chi connectivity index (χ0v) is 13.5. The Morgan fingerprint density at radius 1 is 1.19 bits per heavy atom. The number of halogens is 1. The van der Waals surface area contributed by atoms with E-state index in [4.69, 9.17) is 5.26 Å². The molecule has 0 saturated heterocycles. The zero-order valence-electron chi connectivity index (χ0n) is 13.5. The van der Waals surface area contributed by atoms with E-state index < -0.39 is 0 Å². The van der Waals surface area contributed by atoms with Crippen molar-refractivity contribution >= 4 is 16.7 Å². The lowest BCUT2D eigenvalue weighted by Gasteiger charge is -2.05. The summed E-state index contributed by atoms with van der Waals surface area (Å²) in [6.07, 6.45) is 1.35. The highest BCUT2D eigenvalue weighted by molar-refractivity contribution is 6.13. The van der Waals surface area contributed by atoms with Crippen LogP contribution in [0, 0.1) is 17.1 Å². The monoisotopic (exact) mass is 345 g/mol. The van der Waals surface area contributed by atoms with E-state index in [0.29, 0.717) is 16.8 Å². The van der Waals surface area contributed by atoms with Gasteiger partial charge in [-0.15, -0.1) is 5.10 Å². The third kappa shape index (κ3) is 2.74. The molecule has 0 unspecified atom stereocenters. The summed E-state index contributed by atoms with van der Waals surface area (Å²) in [4.78, 5) is 20.0. The van der Waals surface area contributed by atoms with Gasteiger partial charge in [-0.05, 0) is 35.9 Å². The number of fused-ring (bicyclic) bond motifs is 1. The molecule has 7 heteroatoms. The number of hydrogen-bond acceptors (Lipinski definition) is 4. The van der Waals surface area contributed by atoms with Crippen LogP contribution in [0.2, 0.25) is 0 Å². The number of ketones is 1. The fourth-order valence-corrected chi connectivity index (χ4v) is 2.91. The molecule has 0 saturated carbocycles. The smallest absolute Gasteiger partial charge is 0.252 e. The molecule has 4 aromatic rings. The summed E-state index contributed by atoms with van der Waals surface area (Å²) in [5, 5.41) is 13.5. The lowest BCUT2D eigenvalue weighted by molar-refractivity contribution is 0.0970. The fourth-order valence-electron chi connectivity index (χ4n) is 2.91. The van der Waals surface area contributed by atoms with Crippen molar-refractivity contribution in [2.45, 2.75) is 6.54 Å². The molecular formula is C19H12FN5O. The first-order valence-electron chi connectivity index (χ1n) is 7.85. The summed E-state index contributed by atoms with van der Waals surface area (Å²) in [6, 6.07) is 15.2. The van der Waals surface area contributed by atoms with Crippen LogP contribution in [-0.2, 0) is 6.54 Å². The van der Waals surface area contributed by atoms with Gasteiger partial charge in [0.25, 0.3) is 5.82 Å². The molecular weight excluding hydrogens is 333 g/mol. The van der Waals surface area contributed by atoms with E-state index in [1.54, 1.807) is 12.1 Å². The number of hydrogen-bond donors (Lipinski definition) is 1. The van der Waals surface area contributed by atoms with Crippen LogP contribution in [0.1, 0.15) is 16.2 Å². The highest BCUT2D eigenvalue weighted by Gasteiger charge is 2.20. The molecule has 0 bridgehead atoms. The summed E-state index contributed by atoms with van der Waals surface area (Å²) in [5.74, 6) is -0.518. The van der Waals surface area contributed by atoms with Crippen molar-refractivity contribution in [2.75, 3.05) is 0 Å². The number of benzene rings is 2. The van der Waals surface area contributed by atoms with Crippen molar-refractivity contribution in [3.05, 3.63) is 72.1 Å². The average Bonchev–Trinajstić information content (AvgIpc) is 3.26. The Balaban J connectivity index is 1.81. The Morgan fingerprint density at radius 2 is 1.96 bits per heavy atom. The number of nitrogens with one attached hydrogen (secondary N) is 1. The Kier molecular flexibility index (Phi) is 3.78. The molecule has 1 N–H and O–H groups in total. The molecule has 0 atom stereocenters. The molecule has 126 valence electrons. The summed E-state index contributed by atoms with van der Waals surface area (Å²) < 4.78 is 14.6. The summed E-state index contributed by atoms with van der Waals surface area (Å²) >= 11 is 0. The molecule has 0 amide bonds. The maximum absolute atomic E-state index is 13.3. The second-order valence-electron chi connectivity index (χ2n) is 5.73. The standard InChI is InChI=1S/C19H12FN5O/c20-13-7-5-12(6-8-13)19-18(14-3-1-2-4-15(14)23-19)16(26)10-25-11-22-17(9-21)24-25/h1-8,11,23H,10H2. The largest absolute Gasteiger partial charge is 0.354 e. The second-order valence-corrected chi connectivity index (χ2v) is 5.73. The number of carbonyl (C=O) groups excluding carboxylic acids is 1. The van der Waals surface area contributed by atoms with Gasteiger partial charge in [0.15, 0.2) is 5.78 Å². The lowest BCUT2D eigenvalue weighted by atomic mass is 10.0. The number of para-hydroxylation sites is 1. The van der Waals surface area contributed by atoms with Gasteiger partial charge in [-0.3, -0.25) is 4.79 Å². The van der Waals surface area contributed by atoms with E-state index in [-0.39, 0.29) is 24.0 Å². The van der Waals surface area contributed by atoms with Crippen molar-refractivity contribution in [3.63, 3.8) is 0 Å². The van der Waals surface area contributed by atoms with Crippen LogP contribution in [0.4, 0.5) is 4.39 Å². The Morgan fingerprint density at radius 3 is 2.69 bits per heavy atom. The van der Waals surface area contributed by atoms with E-state index in [1.165, 1.54) is 23.1 Å². The fraction of sp³-hybridized carbons (Fsp3) is 0.0526. The minimum absolute atomic E-state index is 0.00971. The number of carbonyl (C=O) groups is 1. The second kappa shape index (κ2) is 6.26. The van der Waals surface area contributed by atoms with Gasteiger partial charge in [0.1, 0.15) is 24.8 Å². The summed E-state index contributed by atoms with van der Waals surface area (Å²) in [6.45, 7) is -0.0509. The van der Waals surface area contributed by atoms with Gasteiger partial charge in [0.05, 0.1) is 11.3 Å². The van der Waals surface area contributed by atoms with Gasteiger partial charge in [0.2, 0.25) is 0 Å². The van der Waals surface area contributed by atoms with Crippen molar-refractivity contribution in [1.29, 1.82) is 5.26 Å². The Bertz CT molecular complexity index is 1150. The molecule has 0 radical (unpaired) electrons. The first-order chi connectivity index (χ1) is 12.7. The van der Waals surface area contributed by atoms with Crippen LogP contribution in [0.15, 0.2) is 54.9 Å². The van der Waals surface area contributed by atoms with Crippen molar-refractivity contribution < 1.29 is 9.18 Å². The third-order valence-electron chi connectivity index (χ3n) is 4.06. The molecule has 2 aromatic carbocycles. The molecule has 2 heterocycles. The predicted octanol–water partition coefficient (Wildman–Crippen LogP) is 3.32. The van der Waals surface area contributed by atoms with E-state index >= 15 is 0 Å². The predicted molar refractivity (Wildman–Crippen MR) is 92.8 cm³/mol. The van der Waals surface area contributed by atoms with Gasteiger partial charge in [-0.25, -0.2) is 14.1 Å². The minimum Gasteiger partial charge on any atom is -0.354 e. The quantitative estimate of drug-likeness (QED) is 0.575. The van der Waals surface area contributed by atoms with Crippen LogP contribution in [0.5, 0.6) is 0 Å². The number of rotatable bonds is 4. The van der Waals surface area contributed by atoms with Gasteiger partial charge in [-0.2, -0.15) is 5.26 Å². The van der Waals surface area contributed by atoms with Crippen molar-refractivity contribution in [1.82, 2.24) is 19.7 Å². The van der Waals surface area contributed by atoms with Gasteiger partial charge in [0, 0.05) is 10.9 Å². The molecule has 2 aromatic heterocycles. The zero-order chi connectivity index (χ0) is 18.1. The minimum atomic E-state index is -0.343. The molecule has 0 spiro atoms. The number of Topliss-reactive ketones (excluding diaryl/α,β-unsaturated/α-hetero) is 1. The molecule has 6 nitrogen and oxygen atoms in total. The SMILES string of the molecule is N#Cc1ncn(CC(=O)c2c(-c3ccc(F)cc3)[nH]c3ccccc23)n1. The molecule has 0 aliphatic rings. The Labute approximate surface area is 147 Å². The van der Waals surface area contributed by atoms with E-state index in [0.717, 1.165) is 10.9 Å². The Hall–Kier alpha value is -3.79. The first kappa shape index (κ1) is 15.7. The van der Waals surface area contributed by atoms with E-state index in [1.807, 2.05) is 30.3 Å². The highest BCUT2D eigenvalue weighted by Crippen LogP contribution is 2.31. The van der Waals surface area contributed by atoms with Crippen LogP contribution in [-0.4, -0.2) is 25.5 Å². The lowest BCUT2D eigenvalue weighted by Crippen LogP contribution is -2.11. The van der Waals surface area contributed by atoms with Gasteiger partial charge in [-0.1, -0.05) is 18.2 Å². The molecule has 0 fully saturated rings. The maximum atomic E-state index is 13.3. The van der Waals surface area contributed by atoms with E-state index in [9.17, 15) is 9.18 Å². The number of aromatic nitrogens is 4. The van der Waals surface area contributed by atoms with Gasteiger partial charge < -0.3 is 4.98 Å². The summed E-state index contributed by atoms with van der Waals surface area (Å²) in [5.41, 5.74) is 2.65. The van der Waals surface area contributed by atoms with E-state index in [2.05, 4.69) is 15.1 Å². The molecule has 4 rings (SSSR count). The van der Waals surface area contributed by atoms with Crippen molar-refractivity contribution in [2.24, 2.45) is 0 Å². The van der Waals surface area contributed by atoms with Crippen LogP contribution in [0.3, 0.4) is 0 Å². The highest BCUT2D eigenvalue weighted by atomic mass is 19.1. The van der Waals surface area contributed by atoms with Crippen LogP contribution in [0.25, 0.3) is 22.2 Å². The van der Waals surface area contributed by atoms with Gasteiger partial charge >= 0.3 is 0 Å². The maximum Gasteiger partial charge on any atom is 0.252 e. The van der Waals surface area contributed by atoms with Crippen molar-refractivity contribution in [3.8, 4) is 17.3 Å². The molecule has 0 aliphatic heterocycles. The normalized spacial score (nSPS) is 10.8. The number of nitriles is 1. The third-order valence-corrected chi connectivity index (χ3v) is 4.06. The van der Waals surface area contributed by atoms with Crippen LogP contribution >= 0.6 is 0 Å². The first-order valence-corrected chi connectivity index (χ1v) is 7.85. The summed E-state index contributed by atoms with van der Waals surface area (Å²) in [7, 11) is 0. The topological polar surface area (TPSA) is 87.4 Å². The number of H-pyrrole nitrogens is 1. The number of nitrogens with zero attached hydrogens (tertiary/aromatic N) is 4. The number of aromatic amines is 1.